The van der Waals surface area contributed by atoms with Gasteiger partial charge in [-0.05, 0) is 90.5 Å². The molecule has 34 heavy (non-hydrogen) atoms. The van der Waals surface area contributed by atoms with Gasteiger partial charge < -0.3 is 0 Å². The van der Waals surface area contributed by atoms with E-state index in [9.17, 15) is 0 Å². The number of benzene rings is 1. The van der Waals surface area contributed by atoms with Crippen molar-refractivity contribution in [2.75, 3.05) is 0 Å². The van der Waals surface area contributed by atoms with Gasteiger partial charge in [0.2, 0.25) is 0 Å². The molecule has 0 amide bonds. The highest BCUT2D eigenvalue weighted by Gasteiger charge is 2.41. The minimum absolute atomic E-state index is 0.289. The number of rotatable bonds is 8. The molecular formula is C34H40. The van der Waals surface area contributed by atoms with E-state index in [4.69, 9.17) is 0 Å². The Morgan fingerprint density at radius 2 is 1.91 bits per heavy atom. The lowest BCUT2D eigenvalue weighted by Gasteiger charge is -2.35. The van der Waals surface area contributed by atoms with E-state index in [1.807, 2.05) is 0 Å². The molecule has 2 unspecified atom stereocenters. The average molecular weight is 449 g/mol. The summed E-state index contributed by atoms with van der Waals surface area (Å²) in [6.45, 7) is 22.3. The monoisotopic (exact) mass is 448 g/mol. The van der Waals surface area contributed by atoms with Gasteiger partial charge in [-0.15, -0.1) is 0 Å². The van der Waals surface area contributed by atoms with Crippen molar-refractivity contribution < 1.29 is 0 Å². The topological polar surface area (TPSA) is 0 Å². The molecule has 0 heterocycles. The maximum Gasteiger partial charge on any atom is 0.0201 e. The third kappa shape index (κ3) is 4.69. The molecule has 0 aromatic heterocycles. The third-order valence-electron chi connectivity index (χ3n) is 7.61. The van der Waals surface area contributed by atoms with E-state index in [0.717, 1.165) is 38.5 Å². The Morgan fingerprint density at radius 1 is 1.12 bits per heavy atom. The van der Waals surface area contributed by atoms with Crippen LogP contribution < -0.4 is 0 Å². The molecule has 1 saturated carbocycles. The van der Waals surface area contributed by atoms with Crippen LogP contribution in [0.1, 0.15) is 76.0 Å². The van der Waals surface area contributed by atoms with Crippen molar-refractivity contribution in [2.45, 2.75) is 72.1 Å². The van der Waals surface area contributed by atoms with Crippen molar-refractivity contribution in [3.8, 4) is 0 Å². The molecule has 1 aromatic rings. The molecule has 1 fully saturated rings. The standard InChI is InChI=1S/C34H40/c1-8-12-23(5)32-24(6)18-31-21-30(19-26-13-10-11-14-26)25(7)33(31)34(32)29-16-15-28(17-22(3)4)27(9-2)20-29/h10-11,13,15-16,18-20,33-34H,3,5,7-9,12,14,17,21H2,1-2,4,6H3. The summed E-state index contributed by atoms with van der Waals surface area (Å²) in [5, 5.41) is 0. The van der Waals surface area contributed by atoms with E-state index in [-0.39, 0.29) is 5.92 Å². The van der Waals surface area contributed by atoms with Crippen LogP contribution in [0.2, 0.25) is 0 Å². The van der Waals surface area contributed by atoms with Gasteiger partial charge in [-0.1, -0.05) is 105 Å². The van der Waals surface area contributed by atoms with Crippen LogP contribution in [0.25, 0.3) is 0 Å². The van der Waals surface area contributed by atoms with Gasteiger partial charge in [0.25, 0.3) is 0 Å². The zero-order valence-electron chi connectivity index (χ0n) is 21.6. The fraction of sp³-hybridized carbons (Fsp3) is 0.353. The van der Waals surface area contributed by atoms with Gasteiger partial charge in [0.1, 0.15) is 0 Å². The molecule has 0 bridgehead atoms. The second kappa shape index (κ2) is 10.2. The number of hydrogen-bond acceptors (Lipinski definition) is 0. The van der Waals surface area contributed by atoms with Crippen LogP contribution >= 0.6 is 0 Å². The molecule has 0 N–H and O–H groups in total. The van der Waals surface area contributed by atoms with Crippen molar-refractivity contribution in [2.24, 2.45) is 5.92 Å². The molecule has 0 heteroatoms. The van der Waals surface area contributed by atoms with Gasteiger partial charge in [0.05, 0.1) is 0 Å². The number of hydrogen-bond donors (Lipinski definition) is 0. The second-order valence-electron chi connectivity index (χ2n) is 10.4. The van der Waals surface area contributed by atoms with Crippen molar-refractivity contribution >= 4 is 0 Å². The summed E-state index contributed by atoms with van der Waals surface area (Å²) in [7, 11) is 0. The smallest absolute Gasteiger partial charge is 0.0201 e. The number of fused-ring (bicyclic) bond motifs is 1. The van der Waals surface area contributed by atoms with Gasteiger partial charge >= 0.3 is 0 Å². The highest BCUT2D eigenvalue weighted by atomic mass is 14.4. The van der Waals surface area contributed by atoms with Crippen molar-refractivity contribution in [1.82, 2.24) is 0 Å². The lowest BCUT2D eigenvalue weighted by Crippen LogP contribution is -2.21. The van der Waals surface area contributed by atoms with Crippen LogP contribution in [0.3, 0.4) is 0 Å². The van der Waals surface area contributed by atoms with Crippen molar-refractivity contribution in [3.63, 3.8) is 0 Å². The number of allylic oxidation sites excluding steroid dienone is 13. The summed E-state index contributed by atoms with van der Waals surface area (Å²) in [6.07, 6.45) is 17.7. The molecule has 1 aromatic carbocycles. The predicted molar refractivity (Wildman–Crippen MR) is 149 cm³/mol. The average Bonchev–Trinajstić information content (AvgIpc) is 3.41. The Labute approximate surface area is 207 Å². The maximum absolute atomic E-state index is 4.68. The summed E-state index contributed by atoms with van der Waals surface area (Å²) in [4.78, 5) is 0. The first-order chi connectivity index (χ1) is 16.3. The van der Waals surface area contributed by atoms with E-state index < -0.39 is 0 Å². The molecule has 3 aliphatic carbocycles. The fourth-order valence-electron chi connectivity index (χ4n) is 6.09. The normalized spacial score (nSPS) is 22.8. The van der Waals surface area contributed by atoms with Crippen LogP contribution in [-0.2, 0) is 12.8 Å². The Kier molecular flexibility index (Phi) is 7.27. The van der Waals surface area contributed by atoms with Gasteiger partial charge in [0, 0.05) is 11.8 Å². The summed E-state index contributed by atoms with van der Waals surface area (Å²) in [5.41, 5.74) is 15.2. The Morgan fingerprint density at radius 3 is 2.56 bits per heavy atom. The van der Waals surface area contributed by atoms with E-state index in [1.165, 1.54) is 61.3 Å². The highest BCUT2D eigenvalue weighted by molar-refractivity contribution is 5.61. The van der Waals surface area contributed by atoms with Crippen molar-refractivity contribution in [3.05, 3.63) is 130 Å². The zero-order valence-corrected chi connectivity index (χ0v) is 21.6. The molecule has 0 spiro atoms. The first-order valence-corrected chi connectivity index (χ1v) is 12.9. The van der Waals surface area contributed by atoms with Gasteiger partial charge in [-0.25, -0.2) is 0 Å². The quantitative estimate of drug-likeness (QED) is 0.347. The van der Waals surface area contributed by atoms with Crippen LogP contribution in [0, 0.1) is 5.92 Å². The maximum atomic E-state index is 4.68. The SMILES string of the molecule is C=C(C)Cc1ccc(C2C(C(=C)CCC)=C(C)C=C3CC(=CC4=CC=CC4)C(=C)C32)cc1CC. The lowest BCUT2D eigenvalue weighted by molar-refractivity contribution is 0.618. The van der Waals surface area contributed by atoms with Crippen LogP contribution in [-0.4, -0.2) is 0 Å². The van der Waals surface area contributed by atoms with Crippen molar-refractivity contribution in [1.29, 1.82) is 0 Å². The molecule has 0 nitrogen and oxygen atoms in total. The zero-order chi connectivity index (χ0) is 24.4. The minimum atomic E-state index is 0.289. The lowest BCUT2D eigenvalue weighted by atomic mass is 9.68. The van der Waals surface area contributed by atoms with Crippen LogP contribution in [0.4, 0.5) is 0 Å². The van der Waals surface area contributed by atoms with E-state index in [0.29, 0.717) is 5.92 Å². The van der Waals surface area contributed by atoms with Gasteiger partial charge in [-0.3, -0.25) is 0 Å². The summed E-state index contributed by atoms with van der Waals surface area (Å²) < 4.78 is 0. The van der Waals surface area contributed by atoms with E-state index in [2.05, 4.69) is 96.0 Å². The van der Waals surface area contributed by atoms with Gasteiger partial charge in [0.15, 0.2) is 0 Å². The Bertz CT molecular complexity index is 1180. The molecule has 0 radical (unpaired) electrons. The minimum Gasteiger partial charge on any atom is -0.0998 e. The third-order valence-corrected chi connectivity index (χ3v) is 7.61. The second-order valence-corrected chi connectivity index (χ2v) is 10.4. The highest BCUT2D eigenvalue weighted by Crippen LogP contribution is 2.55. The fourth-order valence-corrected chi connectivity index (χ4v) is 6.09. The molecular weight excluding hydrogens is 408 g/mol. The molecule has 0 saturated heterocycles. The number of aryl methyl sites for hydroxylation is 1. The Hall–Kier alpha value is -2.86. The summed E-state index contributed by atoms with van der Waals surface area (Å²) >= 11 is 0. The summed E-state index contributed by atoms with van der Waals surface area (Å²) in [5.74, 6) is 0.613. The van der Waals surface area contributed by atoms with E-state index >= 15 is 0 Å². The molecule has 0 aliphatic heterocycles. The molecule has 176 valence electrons. The predicted octanol–water partition coefficient (Wildman–Crippen LogP) is 9.45. The Balaban J connectivity index is 1.81. The van der Waals surface area contributed by atoms with Crippen LogP contribution in [0.15, 0.2) is 113 Å². The largest absolute Gasteiger partial charge is 0.0998 e. The first kappa shape index (κ1) is 24.3. The van der Waals surface area contributed by atoms with Gasteiger partial charge in [-0.2, -0.15) is 0 Å². The van der Waals surface area contributed by atoms with E-state index in [1.54, 1.807) is 0 Å². The summed E-state index contributed by atoms with van der Waals surface area (Å²) in [6, 6.07) is 7.19. The molecule has 2 atom stereocenters. The van der Waals surface area contributed by atoms with Crippen LogP contribution in [0.5, 0.6) is 0 Å². The molecule has 3 aliphatic rings. The molecule has 4 rings (SSSR count). The first-order valence-electron chi connectivity index (χ1n) is 12.9.